The fourth-order valence-corrected chi connectivity index (χ4v) is 4.51. The summed E-state index contributed by atoms with van der Waals surface area (Å²) in [5.74, 6) is -0.815. The van der Waals surface area contributed by atoms with Gasteiger partial charge in [0.1, 0.15) is 20.4 Å². The minimum atomic E-state index is -4.74. The summed E-state index contributed by atoms with van der Waals surface area (Å²) >= 11 is 0. The van der Waals surface area contributed by atoms with Crippen molar-refractivity contribution in [3.8, 4) is 5.75 Å². The topological polar surface area (TPSA) is 290 Å². The lowest BCUT2D eigenvalue weighted by atomic mass is 10.3. The molecule has 0 saturated carbocycles. The Morgan fingerprint density at radius 2 is 0.968 bits per heavy atom. The summed E-state index contributed by atoms with van der Waals surface area (Å²) in [5.41, 5.74) is 9.33. The summed E-state index contributed by atoms with van der Waals surface area (Å²) in [6.07, 6.45) is 0. The van der Waals surface area contributed by atoms with Crippen molar-refractivity contribution in [2.75, 3.05) is 11.5 Å². The summed E-state index contributed by atoms with van der Waals surface area (Å²) in [6.45, 7) is 0. The molecule has 0 aromatic heterocycles. The largest absolute Gasteiger partial charge is 0.506 e. The summed E-state index contributed by atoms with van der Waals surface area (Å²) in [5, 5.41) is 9.02. The van der Waals surface area contributed by atoms with Gasteiger partial charge in [0.2, 0.25) is 0 Å². The maximum Gasteiger partial charge on any atom is 0.298 e. The Morgan fingerprint density at radius 1 is 0.581 bits per heavy atom. The van der Waals surface area contributed by atoms with E-state index in [2.05, 4.69) is 0 Å². The van der Waals surface area contributed by atoms with Crippen molar-refractivity contribution >= 4 is 51.8 Å². The molecule has 0 amide bonds. The fraction of sp³-hybridized carbons (Fsp3) is 0. The number of nitrogen functional groups attached to an aromatic ring is 2. The maximum absolute atomic E-state index is 10.8. The SMILES string of the molecule is Nc1cc(S(=O)(=O)O)c(N)c(S(=O)(=O)O)c1.O=S(=O)(O)c1ccc(O)c(S(=O)(=O)O)c1. The first kappa shape index (κ1) is 26.5. The molecule has 9 N–H and O–H groups in total. The van der Waals surface area contributed by atoms with E-state index >= 15 is 0 Å². The van der Waals surface area contributed by atoms with Crippen molar-refractivity contribution in [2.24, 2.45) is 0 Å². The second-order valence-electron chi connectivity index (χ2n) is 5.46. The highest BCUT2D eigenvalue weighted by molar-refractivity contribution is 7.87. The van der Waals surface area contributed by atoms with Gasteiger partial charge in [0.15, 0.2) is 0 Å². The molecule has 0 aliphatic carbocycles. The Labute approximate surface area is 175 Å². The van der Waals surface area contributed by atoms with Crippen LogP contribution in [-0.4, -0.2) is 57.0 Å². The van der Waals surface area contributed by atoms with E-state index < -0.39 is 71.5 Å². The van der Waals surface area contributed by atoms with Crippen LogP contribution in [0.5, 0.6) is 5.75 Å². The Kier molecular flexibility index (Phi) is 7.31. The van der Waals surface area contributed by atoms with Crippen molar-refractivity contribution < 1.29 is 57.0 Å². The van der Waals surface area contributed by atoms with Crippen molar-refractivity contribution in [2.45, 2.75) is 19.6 Å². The first-order valence-electron chi connectivity index (χ1n) is 7.07. The van der Waals surface area contributed by atoms with E-state index in [4.69, 9.17) is 34.8 Å². The summed E-state index contributed by atoms with van der Waals surface area (Å²) in [7, 11) is -18.8. The van der Waals surface area contributed by atoms with Gasteiger partial charge in [-0.3, -0.25) is 18.2 Å². The lowest BCUT2D eigenvalue weighted by Crippen LogP contribution is -2.10. The Bertz CT molecular complexity index is 1390. The van der Waals surface area contributed by atoms with Gasteiger partial charge in [-0.05, 0) is 30.3 Å². The molecule has 0 aliphatic heterocycles. The predicted molar refractivity (Wildman–Crippen MR) is 103 cm³/mol. The number of hydrogen-bond acceptors (Lipinski definition) is 11. The molecule has 0 saturated heterocycles. The molecule has 0 radical (unpaired) electrons. The molecule has 2 aromatic carbocycles. The average Bonchev–Trinajstić information content (AvgIpc) is 2.53. The average molecular weight is 523 g/mol. The van der Waals surface area contributed by atoms with Gasteiger partial charge in [-0.1, -0.05) is 0 Å². The van der Waals surface area contributed by atoms with Crippen LogP contribution in [0.2, 0.25) is 0 Å². The molecule has 0 atom stereocenters. The highest BCUT2D eigenvalue weighted by Crippen LogP contribution is 2.29. The van der Waals surface area contributed by atoms with Crippen LogP contribution in [0.1, 0.15) is 0 Å². The van der Waals surface area contributed by atoms with Crippen molar-refractivity contribution in [3.63, 3.8) is 0 Å². The summed E-state index contributed by atoms with van der Waals surface area (Å²) in [6, 6.07) is 3.52. The van der Waals surface area contributed by atoms with Gasteiger partial charge in [-0.15, -0.1) is 0 Å². The van der Waals surface area contributed by atoms with Crippen LogP contribution in [-0.2, 0) is 40.5 Å². The number of hydrogen-bond donors (Lipinski definition) is 7. The molecule has 0 unspecified atom stereocenters. The highest BCUT2D eigenvalue weighted by Gasteiger charge is 2.23. The quantitative estimate of drug-likeness (QED) is 0.191. The normalized spacial score (nSPS) is 12.6. The van der Waals surface area contributed by atoms with Crippen LogP contribution in [0.25, 0.3) is 0 Å². The van der Waals surface area contributed by atoms with Gasteiger partial charge in [0.25, 0.3) is 40.5 Å². The van der Waals surface area contributed by atoms with E-state index in [-0.39, 0.29) is 5.69 Å². The second-order valence-corrected chi connectivity index (χ2v) is 11.1. The number of aromatic hydroxyl groups is 1. The van der Waals surface area contributed by atoms with Crippen LogP contribution >= 0.6 is 0 Å². The number of phenols is 1. The molecule has 15 nitrogen and oxygen atoms in total. The molecular formula is C12H14N2O13S4. The zero-order valence-corrected chi connectivity index (χ0v) is 17.9. The molecule has 0 spiro atoms. The third-order valence-corrected chi connectivity index (χ3v) is 6.71. The molecule has 0 aliphatic rings. The van der Waals surface area contributed by atoms with E-state index in [1.165, 1.54) is 0 Å². The maximum atomic E-state index is 10.8. The molecule has 174 valence electrons. The van der Waals surface area contributed by atoms with E-state index in [0.717, 1.165) is 24.3 Å². The van der Waals surface area contributed by atoms with Crippen LogP contribution in [0, 0.1) is 0 Å². The van der Waals surface area contributed by atoms with E-state index in [0.29, 0.717) is 6.07 Å². The van der Waals surface area contributed by atoms with Gasteiger partial charge in [0, 0.05) is 5.69 Å². The predicted octanol–water partition coefficient (Wildman–Crippen LogP) is -0.770. The highest BCUT2D eigenvalue weighted by atomic mass is 32.2. The van der Waals surface area contributed by atoms with Gasteiger partial charge < -0.3 is 16.6 Å². The minimum absolute atomic E-state index is 0.283. The van der Waals surface area contributed by atoms with Gasteiger partial charge >= 0.3 is 0 Å². The molecule has 0 bridgehead atoms. The molecular weight excluding hydrogens is 508 g/mol. The smallest absolute Gasteiger partial charge is 0.298 e. The van der Waals surface area contributed by atoms with Gasteiger partial charge in [0.05, 0.1) is 10.6 Å². The van der Waals surface area contributed by atoms with E-state index in [1.807, 2.05) is 0 Å². The monoisotopic (exact) mass is 522 g/mol. The minimum Gasteiger partial charge on any atom is -0.506 e. The zero-order chi connectivity index (χ0) is 24.6. The standard InChI is InChI=1S/C6H8N2O6S2.C6H6O7S2/c7-3-1-4(15(9,10)11)6(8)5(2-3)16(12,13)14;7-5-2-1-4(14(8,9)10)3-6(5)15(11,12)13/h1-2H,7-8H2,(H,9,10,11)(H,12,13,14);1-3,7H,(H,8,9,10)(H,11,12,13). The van der Waals surface area contributed by atoms with Gasteiger partial charge in [-0.2, -0.15) is 33.7 Å². The first-order chi connectivity index (χ1) is 13.7. The lowest BCUT2D eigenvalue weighted by Gasteiger charge is -2.08. The Hall–Kier alpha value is -2.52. The van der Waals surface area contributed by atoms with Crippen LogP contribution in [0.4, 0.5) is 11.4 Å². The van der Waals surface area contributed by atoms with Gasteiger partial charge in [-0.25, -0.2) is 0 Å². The zero-order valence-electron chi connectivity index (χ0n) is 14.7. The summed E-state index contributed by atoms with van der Waals surface area (Å²) in [4.78, 5) is -3.48. The number of benzene rings is 2. The Balaban J connectivity index is 0.000000311. The number of phenolic OH excluding ortho intramolecular Hbond substituents is 1. The van der Waals surface area contributed by atoms with Crippen LogP contribution in [0.15, 0.2) is 49.9 Å². The molecule has 0 heterocycles. The second kappa shape index (κ2) is 8.55. The summed E-state index contributed by atoms with van der Waals surface area (Å²) < 4.78 is 121. The van der Waals surface area contributed by atoms with Crippen molar-refractivity contribution in [1.29, 1.82) is 0 Å². The Morgan fingerprint density at radius 3 is 1.29 bits per heavy atom. The van der Waals surface area contributed by atoms with Crippen molar-refractivity contribution in [1.82, 2.24) is 0 Å². The first-order valence-corrected chi connectivity index (χ1v) is 12.8. The molecule has 2 rings (SSSR count). The van der Waals surface area contributed by atoms with E-state index in [1.54, 1.807) is 0 Å². The third-order valence-electron chi connectivity index (χ3n) is 3.19. The molecule has 2 aromatic rings. The lowest BCUT2D eigenvalue weighted by molar-refractivity contribution is 0.441. The van der Waals surface area contributed by atoms with Crippen LogP contribution in [0.3, 0.4) is 0 Å². The fourth-order valence-electron chi connectivity index (χ4n) is 1.91. The number of anilines is 2. The van der Waals surface area contributed by atoms with Crippen molar-refractivity contribution in [3.05, 3.63) is 30.3 Å². The van der Waals surface area contributed by atoms with E-state index in [9.17, 15) is 33.7 Å². The molecule has 31 heavy (non-hydrogen) atoms. The molecule has 0 fully saturated rings. The number of nitrogens with two attached hydrogens (primary N) is 2. The third kappa shape index (κ3) is 7.00. The van der Waals surface area contributed by atoms with Crippen LogP contribution < -0.4 is 11.5 Å². The number of rotatable bonds is 4. The molecule has 19 heteroatoms.